The largest absolute Gasteiger partial charge is 0.303 e. The highest BCUT2D eigenvalue weighted by Gasteiger charge is 2.10. The van der Waals surface area contributed by atoms with Crippen molar-refractivity contribution in [2.24, 2.45) is 11.8 Å². The number of hydrogen-bond acceptors (Lipinski definition) is 1. The summed E-state index contributed by atoms with van der Waals surface area (Å²) in [7, 11) is 0. The van der Waals surface area contributed by atoms with Crippen LogP contribution in [-0.4, -0.2) is 6.29 Å². The summed E-state index contributed by atoms with van der Waals surface area (Å²) < 4.78 is 0. The third-order valence-corrected chi connectivity index (χ3v) is 2.61. The van der Waals surface area contributed by atoms with E-state index in [-0.39, 0.29) is 0 Å². The van der Waals surface area contributed by atoms with Crippen LogP contribution in [0.1, 0.15) is 59.3 Å². The second-order valence-electron chi connectivity index (χ2n) is 4.17. The highest BCUT2D eigenvalue weighted by molar-refractivity contribution is 5.53. The third-order valence-electron chi connectivity index (χ3n) is 2.61. The average molecular weight is 184 g/mol. The normalized spacial score (nSPS) is 15.3. The van der Waals surface area contributed by atoms with Gasteiger partial charge in [-0.2, -0.15) is 0 Å². The molecule has 1 heteroatoms. The molecule has 2 atom stereocenters. The highest BCUT2D eigenvalue weighted by Crippen LogP contribution is 2.19. The molecule has 0 aliphatic heterocycles. The molecular weight excluding hydrogens is 160 g/mol. The molecule has 0 aromatic heterocycles. The zero-order chi connectivity index (χ0) is 10.1. The van der Waals surface area contributed by atoms with Gasteiger partial charge in [0, 0.05) is 5.92 Å². The van der Waals surface area contributed by atoms with E-state index in [9.17, 15) is 4.79 Å². The number of unbranched alkanes of at least 4 members (excludes halogenated alkanes) is 1. The van der Waals surface area contributed by atoms with Gasteiger partial charge in [-0.05, 0) is 18.8 Å². The van der Waals surface area contributed by atoms with E-state index in [1.807, 2.05) is 0 Å². The zero-order valence-electron chi connectivity index (χ0n) is 9.38. The Hall–Kier alpha value is -0.330. The molecule has 2 unspecified atom stereocenters. The predicted molar refractivity (Wildman–Crippen MR) is 57.8 cm³/mol. The molecule has 0 heterocycles. The van der Waals surface area contributed by atoms with Crippen LogP contribution in [0.5, 0.6) is 0 Å². The summed E-state index contributed by atoms with van der Waals surface area (Å²) >= 11 is 0. The molecule has 0 N–H and O–H groups in total. The molecule has 0 amide bonds. The lowest BCUT2D eigenvalue weighted by molar-refractivity contribution is -0.111. The Labute approximate surface area is 82.9 Å². The summed E-state index contributed by atoms with van der Waals surface area (Å²) in [5.74, 6) is 1.04. The molecule has 0 aromatic carbocycles. The van der Waals surface area contributed by atoms with Crippen LogP contribution in [0.3, 0.4) is 0 Å². The minimum Gasteiger partial charge on any atom is -0.303 e. The van der Waals surface area contributed by atoms with Crippen molar-refractivity contribution in [1.82, 2.24) is 0 Å². The van der Waals surface area contributed by atoms with Gasteiger partial charge in [-0.25, -0.2) is 0 Å². The van der Waals surface area contributed by atoms with E-state index in [4.69, 9.17) is 0 Å². The summed E-state index contributed by atoms with van der Waals surface area (Å²) in [5.41, 5.74) is 0. The van der Waals surface area contributed by atoms with Crippen molar-refractivity contribution in [3.05, 3.63) is 0 Å². The zero-order valence-corrected chi connectivity index (χ0v) is 9.38. The Balaban J connectivity index is 3.62. The third kappa shape index (κ3) is 6.80. The summed E-state index contributed by atoms with van der Waals surface area (Å²) in [5, 5.41) is 0. The van der Waals surface area contributed by atoms with E-state index in [0.29, 0.717) is 5.92 Å². The smallest absolute Gasteiger partial charge is 0.123 e. The molecule has 0 saturated heterocycles. The summed E-state index contributed by atoms with van der Waals surface area (Å²) in [6.45, 7) is 6.64. The molecule has 0 saturated carbocycles. The molecule has 0 rings (SSSR count). The number of carbonyl (C=O) groups excluding carboxylic acids is 1. The van der Waals surface area contributed by atoms with Crippen molar-refractivity contribution in [1.29, 1.82) is 0 Å². The van der Waals surface area contributed by atoms with Crippen LogP contribution in [0.25, 0.3) is 0 Å². The maximum absolute atomic E-state index is 10.8. The fourth-order valence-electron chi connectivity index (χ4n) is 1.84. The Morgan fingerprint density at radius 2 is 1.85 bits per heavy atom. The van der Waals surface area contributed by atoms with Gasteiger partial charge in [0.25, 0.3) is 0 Å². The van der Waals surface area contributed by atoms with Crippen LogP contribution >= 0.6 is 0 Å². The first-order valence-electron chi connectivity index (χ1n) is 5.69. The van der Waals surface area contributed by atoms with Crippen molar-refractivity contribution < 1.29 is 4.79 Å². The number of rotatable bonds is 8. The number of carbonyl (C=O) groups is 1. The van der Waals surface area contributed by atoms with Crippen LogP contribution in [-0.2, 0) is 4.79 Å². The van der Waals surface area contributed by atoms with E-state index < -0.39 is 0 Å². The first-order valence-corrected chi connectivity index (χ1v) is 5.69. The van der Waals surface area contributed by atoms with E-state index in [0.717, 1.165) is 25.0 Å². The molecule has 0 spiro atoms. The van der Waals surface area contributed by atoms with Gasteiger partial charge in [-0.15, -0.1) is 0 Å². The first-order chi connectivity index (χ1) is 6.24. The SMILES string of the molecule is CCCCC(C=O)CC(C)CCC. The summed E-state index contributed by atoms with van der Waals surface area (Å²) in [6.07, 6.45) is 8.24. The van der Waals surface area contributed by atoms with Crippen LogP contribution < -0.4 is 0 Å². The topological polar surface area (TPSA) is 17.1 Å². The molecule has 0 fully saturated rings. The van der Waals surface area contributed by atoms with Gasteiger partial charge >= 0.3 is 0 Å². The maximum Gasteiger partial charge on any atom is 0.123 e. The van der Waals surface area contributed by atoms with Gasteiger partial charge in [0.15, 0.2) is 0 Å². The van der Waals surface area contributed by atoms with Gasteiger partial charge in [0.2, 0.25) is 0 Å². The molecule has 13 heavy (non-hydrogen) atoms. The molecule has 1 nitrogen and oxygen atoms in total. The molecule has 78 valence electrons. The molecule has 0 bridgehead atoms. The average Bonchev–Trinajstić information content (AvgIpc) is 2.12. The van der Waals surface area contributed by atoms with Crippen molar-refractivity contribution in [2.45, 2.75) is 59.3 Å². The second kappa shape index (κ2) is 8.28. The molecule has 0 aromatic rings. The quantitative estimate of drug-likeness (QED) is 0.524. The lowest BCUT2D eigenvalue weighted by Crippen LogP contribution is -2.07. The van der Waals surface area contributed by atoms with Crippen molar-refractivity contribution in [2.75, 3.05) is 0 Å². The molecule has 0 aliphatic rings. The van der Waals surface area contributed by atoms with Gasteiger partial charge in [0.05, 0.1) is 0 Å². The van der Waals surface area contributed by atoms with E-state index >= 15 is 0 Å². The first kappa shape index (κ1) is 12.7. The number of hydrogen-bond donors (Lipinski definition) is 0. The minimum absolute atomic E-state index is 0.321. The standard InChI is InChI=1S/C12H24O/c1-4-6-8-12(10-13)9-11(3)7-5-2/h10-12H,4-9H2,1-3H3. The second-order valence-corrected chi connectivity index (χ2v) is 4.17. The van der Waals surface area contributed by atoms with Crippen molar-refractivity contribution in [3.63, 3.8) is 0 Å². The van der Waals surface area contributed by atoms with Gasteiger partial charge < -0.3 is 4.79 Å². The highest BCUT2D eigenvalue weighted by atomic mass is 16.1. The molecule has 0 radical (unpaired) electrons. The van der Waals surface area contributed by atoms with E-state index in [1.54, 1.807) is 0 Å². The predicted octanol–water partition coefficient (Wildman–Crippen LogP) is 3.82. The van der Waals surface area contributed by atoms with Crippen LogP contribution in [0, 0.1) is 11.8 Å². The number of aldehydes is 1. The van der Waals surface area contributed by atoms with Gasteiger partial charge in [-0.1, -0.05) is 46.5 Å². The maximum atomic E-state index is 10.8. The Bertz CT molecular complexity index is 120. The minimum atomic E-state index is 0.321. The van der Waals surface area contributed by atoms with Crippen LogP contribution in [0.2, 0.25) is 0 Å². The van der Waals surface area contributed by atoms with E-state index in [1.165, 1.54) is 25.7 Å². The van der Waals surface area contributed by atoms with Crippen molar-refractivity contribution in [3.8, 4) is 0 Å². The molecule has 0 aliphatic carbocycles. The van der Waals surface area contributed by atoms with Crippen molar-refractivity contribution >= 4 is 6.29 Å². The summed E-state index contributed by atoms with van der Waals surface area (Å²) in [6, 6.07) is 0. The monoisotopic (exact) mass is 184 g/mol. The lowest BCUT2D eigenvalue weighted by Gasteiger charge is -2.14. The lowest BCUT2D eigenvalue weighted by atomic mass is 9.90. The van der Waals surface area contributed by atoms with Crippen LogP contribution in [0.15, 0.2) is 0 Å². The Morgan fingerprint density at radius 1 is 1.15 bits per heavy atom. The fourth-order valence-corrected chi connectivity index (χ4v) is 1.84. The fraction of sp³-hybridized carbons (Fsp3) is 0.917. The van der Waals surface area contributed by atoms with Crippen LogP contribution in [0.4, 0.5) is 0 Å². The molecular formula is C12H24O. The van der Waals surface area contributed by atoms with Gasteiger partial charge in [-0.3, -0.25) is 0 Å². The Kier molecular flexibility index (Phi) is 8.07. The Morgan fingerprint density at radius 3 is 2.31 bits per heavy atom. The van der Waals surface area contributed by atoms with E-state index in [2.05, 4.69) is 20.8 Å². The summed E-state index contributed by atoms with van der Waals surface area (Å²) in [4.78, 5) is 10.8. The van der Waals surface area contributed by atoms with Gasteiger partial charge in [0.1, 0.15) is 6.29 Å².